The summed E-state index contributed by atoms with van der Waals surface area (Å²) in [4.78, 5) is 11.9. The van der Waals surface area contributed by atoms with E-state index in [1.807, 2.05) is 6.07 Å². The highest BCUT2D eigenvalue weighted by atomic mass is 35.5. The molecule has 4 rings (SSSR count). The Hall–Kier alpha value is -2.14. The molecule has 0 saturated heterocycles. The van der Waals surface area contributed by atoms with Gasteiger partial charge in [-0.15, -0.1) is 11.6 Å². The van der Waals surface area contributed by atoms with Crippen LogP contribution in [0.1, 0.15) is 34.7 Å². The third-order valence-electron chi connectivity index (χ3n) is 5.74. The number of hydrogen-bond acceptors (Lipinski definition) is 2. The second kappa shape index (κ2) is 7.03. The predicted molar refractivity (Wildman–Crippen MR) is 104 cm³/mol. The molecule has 0 aromatic heterocycles. The number of alkyl halides is 3. The van der Waals surface area contributed by atoms with E-state index in [2.05, 4.69) is 0 Å². The molecular weight excluding hydrogens is 384 g/mol. The minimum atomic E-state index is -3.10. The van der Waals surface area contributed by atoms with E-state index in [1.165, 1.54) is 0 Å². The smallest absolute Gasteiger partial charge is 0.409 e. The van der Waals surface area contributed by atoms with Crippen molar-refractivity contribution in [3.8, 4) is 0 Å². The second-order valence-electron chi connectivity index (χ2n) is 7.33. The van der Waals surface area contributed by atoms with Crippen molar-refractivity contribution in [3.63, 3.8) is 0 Å². The molecule has 1 aliphatic heterocycles. The van der Waals surface area contributed by atoms with Gasteiger partial charge >= 0.3 is 6.09 Å². The molecule has 2 aromatic carbocycles. The van der Waals surface area contributed by atoms with Crippen molar-refractivity contribution in [1.29, 1.82) is 0 Å². The number of hydrogen-bond donors (Lipinski definition) is 0. The van der Waals surface area contributed by atoms with E-state index in [0.717, 1.165) is 11.1 Å². The van der Waals surface area contributed by atoms with Crippen molar-refractivity contribution < 1.29 is 18.3 Å². The molecule has 2 aromatic rings. The van der Waals surface area contributed by atoms with Gasteiger partial charge in [-0.3, -0.25) is 0 Å². The van der Waals surface area contributed by atoms with Crippen molar-refractivity contribution in [2.45, 2.75) is 37.0 Å². The Morgan fingerprint density at radius 1 is 1.11 bits per heavy atom. The van der Waals surface area contributed by atoms with Crippen LogP contribution in [0, 0.1) is 0 Å². The Labute approximate surface area is 168 Å². The lowest BCUT2D eigenvalue weighted by molar-refractivity contribution is -0.0190. The maximum absolute atomic E-state index is 15.2. The Morgan fingerprint density at radius 2 is 1.79 bits per heavy atom. The first kappa shape index (κ1) is 19.2. The van der Waals surface area contributed by atoms with E-state index in [4.69, 9.17) is 16.3 Å². The zero-order valence-electron chi connectivity index (χ0n) is 15.7. The number of amides is 1. The highest BCUT2D eigenvalue weighted by molar-refractivity contribution is 6.27. The van der Waals surface area contributed by atoms with E-state index < -0.39 is 10.8 Å². The van der Waals surface area contributed by atoms with Crippen LogP contribution in [0.15, 0.2) is 42.5 Å². The fourth-order valence-corrected chi connectivity index (χ4v) is 4.84. The molecule has 1 atom stereocenters. The van der Waals surface area contributed by atoms with Gasteiger partial charge in [0.2, 0.25) is 0 Å². The summed E-state index contributed by atoms with van der Waals surface area (Å²) in [5, 5.41) is 0. The van der Waals surface area contributed by atoms with E-state index in [1.54, 1.807) is 48.2 Å². The van der Waals surface area contributed by atoms with Gasteiger partial charge in [0.1, 0.15) is 0 Å². The van der Waals surface area contributed by atoms with Crippen molar-refractivity contribution in [3.05, 3.63) is 70.3 Å². The molecule has 1 heterocycles. The van der Waals surface area contributed by atoms with Gasteiger partial charge in [0.15, 0.2) is 4.87 Å². The minimum absolute atomic E-state index is 0.308. The van der Waals surface area contributed by atoms with Crippen LogP contribution in [-0.2, 0) is 28.9 Å². The molecular formula is C22H22ClF2NO2. The van der Waals surface area contributed by atoms with E-state index >= 15 is 8.78 Å². The van der Waals surface area contributed by atoms with Gasteiger partial charge in [-0.1, -0.05) is 42.5 Å². The van der Waals surface area contributed by atoms with Crippen LogP contribution < -0.4 is 0 Å². The quantitative estimate of drug-likeness (QED) is 0.664. The molecule has 0 N–H and O–H groups in total. The standard InChI is InChI=1S/C22H22ClF2NO2/c1-2-28-20(27)26-12-10-15-8-9-16-14-21(24,25)22(23,17-6-4-3-5-7-17)19(16)18(15)11-13-26/h3-9H,2,10-14H2,1H3. The number of halogens is 3. The van der Waals surface area contributed by atoms with Gasteiger partial charge in [-0.25, -0.2) is 13.6 Å². The minimum Gasteiger partial charge on any atom is -0.450 e. The number of benzene rings is 2. The third-order valence-corrected chi connectivity index (χ3v) is 6.42. The van der Waals surface area contributed by atoms with Crippen LogP contribution in [0.4, 0.5) is 13.6 Å². The SMILES string of the molecule is CCOC(=O)N1CCc2ccc3c(c2CC1)C(Cl)(c1ccccc1)C(F)(F)C3. The second-order valence-corrected chi connectivity index (χ2v) is 7.90. The van der Waals surface area contributed by atoms with E-state index in [0.29, 0.717) is 49.2 Å². The molecule has 0 fully saturated rings. The van der Waals surface area contributed by atoms with Crippen LogP contribution in [0.25, 0.3) is 0 Å². The fraction of sp³-hybridized carbons (Fsp3) is 0.409. The number of ether oxygens (including phenoxy) is 1. The maximum atomic E-state index is 15.2. The van der Waals surface area contributed by atoms with Gasteiger partial charge in [-0.05, 0) is 47.6 Å². The number of carbonyl (C=O) groups excluding carboxylic acids is 1. The molecule has 148 valence electrons. The van der Waals surface area contributed by atoms with Crippen molar-refractivity contribution in [2.24, 2.45) is 0 Å². The molecule has 0 spiro atoms. The van der Waals surface area contributed by atoms with Crippen molar-refractivity contribution in [2.75, 3.05) is 19.7 Å². The molecule has 3 nitrogen and oxygen atoms in total. The zero-order chi connectivity index (χ0) is 19.9. The van der Waals surface area contributed by atoms with Gasteiger partial charge in [-0.2, -0.15) is 0 Å². The normalized spacial score (nSPS) is 22.9. The third kappa shape index (κ3) is 2.87. The molecule has 2 aliphatic rings. The molecule has 6 heteroatoms. The summed E-state index contributed by atoms with van der Waals surface area (Å²) in [6, 6.07) is 12.3. The summed E-state index contributed by atoms with van der Waals surface area (Å²) in [6.45, 7) is 3.00. The van der Waals surface area contributed by atoms with E-state index in [9.17, 15) is 4.79 Å². The van der Waals surface area contributed by atoms with Gasteiger partial charge < -0.3 is 9.64 Å². The van der Waals surface area contributed by atoms with Crippen molar-refractivity contribution >= 4 is 17.7 Å². The average molecular weight is 406 g/mol. The summed E-state index contributed by atoms with van der Waals surface area (Å²) >= 11 is 6.80. The number of nitrogens with zero attached hydrogens (tertiary/aromatic N) is 1. The van der Waals surface area contributed by atoms with Crippen LogP contribution in [0.5, 0.6) is 0 Å². The highest BCUT2D eigenvalue weighted by Crippen LogP contribution is 2.57. The molecule has 1 aliphatic carbocycles. The first-order chi connectivity index (χ1) is 13.4. The first-order valence-corrected chi connectivity index (χ1v) is 9.94. The molecule has 1 unspecified atom stereocenters. The lowest BCUT2D eigenvalue weighted by Gasteiger charge is -2.32. The van der Waals surface area contributed by atoms with Crippen LogP contribution in [0.2, 0.25) is 0 Å². The van der Waals surface area contributed by atoms with Gasteiger partial charge in [0, 0.05) is 19.5 Å². The Kier molecular flexibility index (Phi) is 4.82. The van der Waals surface area contributed by atoms with Gasteiger partial charge in [0.05, 0.1) is 6.61 Å². The largest absolute Gasteiger partial charge is 0.450 e. The lowest BCUT2D eigenvalue weighted by Crippen LogP contribution is -2.38. The molecule has 1 amide bonds. The lowest BCUT2D eigenvalue weighted by atomic mass is 9.84. The number of rotatable bonds is 2. The Bertz CT molecular complexity index is 903. The number of fused-ring (bicyclic) bond motifs is 3. The summed E-state index contributed by atoms with van der Waals surface area (Å²) in [7, 11) is 0. The summed E-state index contributed by atoms with van der Waals surface area (Å²) in [5.74, 6) is -3.10. The molecule has 0 bridgehead atoms. The molecule has 0 saturated carbocycles. The van der Waals surface area contributed by atoms with Crippen LogP contribution in [-0.4, -0.2) is 36.6 Å². The fourth-order valence-electron chi connectivity index (χ4n) is 4.41. The maximum Gasteiger partial charge on any atom is 0.409 e. The summed E-state index contributed by atoms with van der Waals surface area (Å²) in [6.07, 6.45) is 0.330. The average Bonchev–Trinajstić information content (AvgIpc) is 2.81. The topological polar surface area (TPSA) is 29.5 Å². The Balaban J connectivity index is 1.80. The monoisotopic (exact) mass is 405 g/mol. The Morgan fingerprint density at radius 3 is 2.50 bits per heavy atom. The predicted octanol–water partition coefficient (Wildman–Crippen LogP) is 4.92. The highest BCUT2D eigenvalue weighted by Gasteiger charge is 2.61. The van der Waals surface area contributed by atoms with E-state index in [-0.39, 0.29) is 12.5 Å². The molecule has 28 heavy (non-hydrogen) atoms. The zero-order valence-corrected chi connectivity index (χ0v) is 16.4. The summed E-state index contributed by atoms with van der Waals surface area (Å²) in [5.41, 5.74) is 3.34. The summed E-state index contributed by atoms with van der Waals surface area (Å²) < 4.78 is 35.6. The van der Waals surface area contributed by atoms with Crippen molar-refractivity contribution in [1.82, 2.24) is 4.90 Å². The molecule has 0 radical (unpaired) electrons. The van der Waals surface area contributed by atoms with Gasteiger partial charge in [0.25, 0.3) is 5.92 Å². The first-order valence-electron chi connectivity index (χ1n) is 9.56. The van der Waals surface area contributed by atoms with Crippen LogP contribution in [0.3, 0.4) is 0 Å². The van der Waals surface area contributed by atoms with Crippen LogP contribution >= 0.6 is 11.6 Å². The number of carbonyl (C=O) groups is 1.